The fraction of sp³-hybridized carbons (Fsp3) is 0.480. The highest BCUT2D eigenvalue weighted by Gasteiger charge is 2.36. The van der Waals surface area contributed by atoms with Crippen molar-refractivity contribution in [3.05, 3.63) is 91.9 Å². The first kappa shape index (κ1) is 49.3. The summed E-state index contributed by atoms with van der Waals surface area (Å²) in [5, 5.41) is 0.485. The zero-order valence-electron chi connectivity index (χ0n) is 40.3. The van der Waals surface area contributed by atoms with E-state index in [0.717, 1.165) is 6.42 Å². The molecule has 0 bridgehead atoms. The largest absolute Gasteiger partial charge is 0.465 e. The molecule has 3 aliphatic heterocycles. The summed E-state index contributed by atoms with van der Waals surface area (Å²) in [5.74, 6) is -0.323. The molecule has 18 heteroatoms. The first-order chi connectivity index (χ1) is 32.1. The van der Waals surface area contributed by atoms with Crippen LogP contribution in [0.15, 0.2) is 73.2 Å². The number of hydrogen-bond donors (Lipinski definition) is 0. The average molecular weight is 941 g/mol. The second-order valence-corrected chi connectivity index (χ2v) is 19.1. The van der Waals surface area contributed by atoms with Crippen LogP contribution in [-0.4, -0.2) is 117 Å². The van der Waals surface area contributed by atoms with Crippen LogP contribution < -0.4 is 20.7 Å². The third-order valence-electron chi connectivity index (χ3n) is 11.5. The molecule has 0 spiro atoms. The molecule has 1 amide bonds. The van der Waals surface area contributed by atoms with Gasteiger partial charge in [-0.25, -0.2) is 19.2 Å². The highest BCUT2D eigenvalue weighted by atomic mass is 16.6. The van der Waals surface area contributed by atoms with Crippen molar-refractivity contribution in [2.24, 2.45) is 0 Å². The standard InChI is InChI=1S/C25H32N2O7.C25H28N2O7/c2*1-15-14-26(9-10-32-15)21-13-20(28)18-12-16(23(29)31-5)11-17(22(18)33-21)19-7-6-8-27(19)24(30)34-25(2,3)4/h11-13,15,19H,6-10,14H2,1-5H3;6-8,11-13,15H,9-10,14H2,1-5H3/t15-,19?;15-/m11/s1. The number of carbonyl (C=O) groups excluding carboxylic acids is 4. The van der Waals surface area contributed by atoms with Crippen LogP contribution in [0.3, 0.4) is 0 Å². The molecule has 2 aromatic carbocycles. The third kappa shape index (κ3) is 11.0. The van der Waals surface area contributed by atoms with Gasteiger partial charge in [0.25, 0.3) is 0 Å². The molecular weight excluding hydrogens is 881 g/mol. The van der Waals surface area contributed by atoms with Crippen molar-refractivity contribution in [1.82, 2.24) is 9.47 Å². The number of hydrogen-bond acceptors (Lipinski definition) is 16. The van der Waals surface area contributed by atoms with E-state index in [1.165, 1.54) is 43.1 Å². The molecule has 3 atom stereocenters. The number of esters is 2. The SMILES string of the molecule is COC(=O)c1cc(-c2cccn2C(=O)OC(C)(C)C)c2oc(N3CCO[C@H](C)C3)cc(=O)c2c1.COC(=O)c1cc(C2CCCN2C(=O)OC(C)(C)C)c2oc(N3CCO[C@H](C)C3)cc(=O)c2c1. The van der Waals surface area contributed by atoms with Gasteiger partial charge in [0.1, 0.15) is 22.4 Å². The van der Waals surface area contributed by atoms with E-state index in [9.17, 15) is 28.8 Å². The van der Waals surface area contributed by atoms with Crippen molar-refractivity contribution in [2.75, 3.05) is 70.0 Å². The number of carbonyl (C=O) groups is 4. The van der Waals surface area contributed by atoms with Crippen molar-refractivity contribution >= 4 is 57.8 Å². The van der Waals surface area contributed by atoms with Crippen LogP contribution in [0.5, 0.6) is 0 Å². The van der Waals surface area contributed by atoms with E-state index >= 15 is 0 Å². The van der Waals surface area contributed by atoms with Gasteiger partial charge in [-0.2, -0.15) is 0 Å². The predicted molar refractivity (Wildman–Crippen MR) is 253 cm³/mol. The topological polar surface area (TPSA) is 199 Å². The molecule has 0 saturated carbocycles. The Labute approximate surface area is 393 Å². The second-order valence-electron chi connectivity index (χ2n) is 19.1. The quantitative estimate of drug-likeness (QED) is 0.117. The lowest BCUT2D eigenvalue weighted by molar-refractivity contribution is 0.0224. The Hall–Kier alpha value is -6.66. The van der Waals surface area contributed by atoms with Gasteiger partial charge in [-0.1, -0.05) is 0 Å². The number of methoxy groups -OCH3 is 2. The number of nitrogens with zero attached hydrogens (tertiary/aromatic N) is 4. The first-order valence-corrected chi connectivity index (χ1v) is 22.7. The molecule has 1 unspecified atom stereocenters. The summed E-state index contributed by atoms with van der Waals surface area (Å²) in [4.78, 5) is 82.5. The van der Waals surface area contributed by atoms with Gasteiger partial charge >= 0.3 is 24.1 Å². The number of likely N-dealkylation sites (tertiary alicyclic amines) is 1. The van der Waals surface area contributed by atoms with Crippen molar-refractivity contribution in [3.8, 4) is 11.3 Å². The Balaban J connectivity index is 0.000000201. The maximum atomic E-state index is 13.2. The fourth-order valence-electron chi connectivity index (χ4n) is 8.48. The zero-order valence-corrected chi connectivity index (χ0v) is 40.3. The summed E-state index contributed by atoms with van der Waals surface area (Å²) >= 11 is 0. The van der Waals surface area contributed by atoms with Gasteiger partial charge in [-0.3, -0.25) is 14.2 Å². The number of morpholine rings is 2. The van der Waals surface area contributed by atoms with E-state index in [2.05, 4.69) is 0 Å². The highest BCUT2D eigenvalue weighted by molar-refractivity contribution is 6.01. The molecule has 0 N–H and O–H groups in total. The molecule has 3 saturated heterocycles. The van der Waals surface area contributed by atoms with Gasteiger partial charge < -0.3 is 52.0 Å². The summed E-state index contributed by atoms with van der Waals surface area (Å²) in [7, 11) is 2.56. The smallest absolute Gasteiger partial charge is 0.418 e. The maximum Gasteiger partial charge on any atom is 0.418 e. The normalized spacial score (nSPS) is 18.8. The van der Waals surface area contributed by atoms with Crippen molar-refractivity contribution in [3.63, 3.8) is 0 Å². The van der Waals surface area contributed by atoms with Gasteiger partial charge in [0.2, 0.25) is 0 Å². The molecule has 6 heterocycles. The van der Waals surface area contributed by atoms with E-state index < -0.39 is 41.4 Å². The number of ether oxygens (including phenoxy) is 6. The maximum absolute atomic E-state index is 13.2. The van der Waals surface area contributed by atoms with Crippen LogP contribution in [0.4, 0.5) is 21.4 Å². The van der Waals surface area contributed by atoms with E-state index in [0.29, 0.717) is 86.5 Å². The summed E-state index contributed by atoms with van der Waals surface area (Å²) in [6.07, 6.45) is 1.94. The Kier molecular flexibility index (Phi) is 14.4. The van der Waals surface area contributed by atoms with E-state index in [1.807, 2.05) is 44.4 Å². The summed E-state index contributed by atoms with van der Waals surface area (Å²) in [5.41, 5.74) is 0.530. The number of rotatable bonds is 6. The van der Waals surface area contributed by atoms with Gasteiger partial charge in [0, 0.05) is 62.2 Å². The van der Waals surface area contributed by atoms with Gasteiger partial charge in [-0.05, 0) is 105 Å². The monoisotopic (exact) mass is 940 g/mol. The van der Waals surface area contributed by atoms with E-state index in [4.69, 9.17) is 37.3 Å². The minimum atomic E-state index is -0.707. The van der Waals surface area contributed by atoms with Crippen molar-refractivity contribution in [2.45, 2.75) is 97.7 Å². The van der Waals surface area contributed by atoms with Crippen LogP contribution in [0, 0.1) is 0 Å². The molecule has 68 heavy (non-hydrogen) atoms. The Bertz CT molecular complexity index is 2830. The van der Waals surface area contributed by atoms with Crippen LogP contribution >= 0.6 is 0 Å². The number of aromatic nitrogens is 1. The highest BCUT2D eigenvalue weighted by Crippen LogP contribution is 2.39. The number of benzene rings is 2. The first-order valence-electron chi connectivity index (χ1n) is 22.7. The minimum Gasteiger partial charge on any atom is -0.465 e. The summed E-state index contributed by atoms with van der Waals surface area (Å²) < 4.78 is 46.0. The fourth-order valence-corrected chi connectivity index (χ4v) is 8.48. The molecule has 364 valence electrons. The Morgan fingerprint density at radius 2 is 1.18 bits per heavy atom. The third-order valence-corrected chi connectivity index (χ3v) is 11.5. The van der Waals surface area contributed by atoms with E-state index in [-0.39, 0.29) is 50.5 Å². The molecule has 8 rings (SSSR count). The summed E-state index contributed by atoms with van der Waals surface area (Å²) in [6, 6.07) is 12.0. The average Bonchev–Trinajstić information content (AvgIpc) is 3.99. The second kappa shape index (κ2) is 19.9. The van der Waals surface area contributed by atoms with Crippen LogP contribution in [0.1, 0.15) is 101 Å². The molecule has 5 aromatic rings. The van der Waals surface area contributed by atoms with Gasteiger partial charge in [0.05, 0.1) is 73.3 Å². The lowest BCUT2D eigenvalue weighted by Gasteiger charge is -2.32. The Morgan fingerprint density at radius 1 is 0.662 bits per heavy atom. The molecular formula is C50H60N4O14. The zero-order chi connectivity index (χ0) is 49.2. The summed E-state index contributed by atoms with van der Waals surface area (Å²) in [6.45, 7) is 18.6. The number of anilines is 2. The number of amides is 1. The van der Waals surface area contributed by atoms with Crippen LogP contribution in [-0.2, 0) is 28.4 Å². The van der Waals surface area contributed by atoms with E-state index in [1.54, 1.807) is 56.1 Å². The van der Waals surface area contributed by atoms with Gasteiger partial charge in [0.15, 0.2) is 22.6 Å². The molecule has 0 aliphatic carbocycles. The van der Waals surface area contributed by atoms with Crippen molar-refractivity contribution in [1.29, 1.82) is 0 Å². The Morgan fingerprint density at radius 3 is 1.71 bits per heavy atom. The van der Waals surface area contributed by atoms with Crippen LogP contribution in [0.25, 0.3) is 33.2 Å². The molecule has 0 radical (unpaired) electrons. The molecule has 3 aliphatic rings. The van der Waals surface area contributed by atoms with Gasteiger partial charge in [-0.15, -0.1) is 0 Å². The molecule has 3 fully saturated rings. The van der Waals surface area contributed by atoms with Crippen LogP contribution in [0.2, 0.25) is 0 Å². The lowest BCUT2D eigenvalue weighted by Crippen LogP contribution is -2.41. The van der Waals surface area contributed by atoms with Crippen molar-refractivity contribution < 1.29 is 56.4 Å². The number of fused-ring (bicyclic) bond motifs is 2. The lowest BCUT2D eigenvalue weighted by atomic mass is 9.98. The molecule has 3 aromatic heterocycles. The molecule has 18 nitrogen and oxygen atoms in total. The minimum absolute atomic E-state index is 0.00779. The predicted octanol–water partition coefficient (Wildman–Crippen LogP) is 7.93.